The highest BCUT2D eigenvalue weighted by Crippen LogP contribution is 2.10. The second-order valence-electron chi connectivity index (χ2n) is 3.20. The van der Waals surface area contributed by atoms with Crippen LogP contribution in [0.25, 0.3) is 0 Å². The molecule has 0 aliphatic rings. The molecule has 0 saturated carbocycles. The Kier molecular flexibility index (Phi) is 2.86. The van der Waals surface area contributed by atoms with Crippen molar-refractivity contribution in [2.24, 2.45) is 0 Å². The van der Waals surface area contributed by atoms with E-state index in [4.69, 9.17) is 9.84 Å². The van der Waals surface area contributed by atoms with Crippen LogP contribution in [0.5, 0.6) is 5.88 Å². The minimum absolute atomic E-state index is 0.0167. The fraction of sp³-hybridized carbons (Fsp3) is 0.0909. The van der Waals surface area contributed by atoms with Gasteiger partial charge in [0.1, 0.15) is 12.3 Å². The highest BCUT2D eigenvalue weighted by molar-refractivity contribution is 5.85. The highest BCUT2D eigenvalue weighted by Gasteiger charge is 2.07. The van der Waals surface area contributed by atoms with Crippen molar-refractivity contribution in [2.45, 2.75) is 6.61 Å². The van der Waals surface area contributed by atoms with Crippen molar-refractivity contribution in [3.8, 4) is 5.88 Å². The van der Waals surface area contributed by atoms with E-state index in [1.165, 1.54) is 6.07 Å². The van der Waals surface area contributed by atoms with Gasteiger partial charge in [-0.1, -0.05) is 30.3 Å². The molecule has 0 atom stereocenters. The minimum Gasteiger partial charge on any atom is -0.477 e. The molecule has 82 valence electrons. The van der Waals surface area contributed by atoms with E-state index in [1.807, 2.05) is 30.3 Å². The summed E-state index contributed by atoms with van der Waals surface area (Å²) in [5.41, 5.74) is 1.02. The fourth-order valence-corrected chi connectivity index (χ4v) is 1.22. The number of H-pyrrole nitrogens is 1. The van der Waals surface area contributed by atoms with Gasteiger partial charge in [-0.3, -0.25) is 5.10 Å². The monoisotopic (exact) mass is 218 g/mol. The third-order valence-corrected chi connectivity index (χ3v) is 2.01. The van der Waals surface area contributed by atoms with E-state index in [0.29, 0.717) is 6.61 Å². The maximum absolute atomic E-state index is 10.6. The van der Waals surface area contributed by atoms with Gasteiger partial charge in [-0.05, 0) is 5.56 Å². The van der Waals surface area contributed by atoms with Gasteiger partial charge in [0.05, 0.1) is 0 Å². The second kappa shape index (κ2) is 4.48. The molecule has 0 unspecified atom stereocenters. The van der Waals surface area contributed by atoms with Crippen LogP contribution in [0, 0.1) is 0 Å². The van der Waals surface area contributed by atoms with Crippen LogP contribution in [0.15, 0.2) is 36.4 Å². The van der Waals surface area contributed by atoms with E-state index in [1.54, 1.807) is 0 Å². The number of carboxylic acids is 1. The topological polar surface area (TPSA) is 75.2 Å². The summed E-state index contributed by atoms with van der Waals surface area (Å²) < 4.78 is 5.32. The normalized spacial score (nSPS) is 10.0. The van der Waals surface area contributed by atoms with Crippen LogP contribution in [0.2, 0.25) is 0 Å². The molecule has 1 heterocycles. The molecule has 0 aliphatic carbocycles. The molecule has 0 bridgehead atoms. The molecule has 2 rings (SSSR count). The van der Waals surface area contributed by atoms with Crippen LogP contribution in [0.3, 0.4) is 0 Å². The van der Waals surface area contributed by atoms with Crippen LogP contribution in [-0.2, 0) is 6.61 Å². The van der Waals surface area contributed by atoms with E-state index < -0.39 is 5.97 Å². The van der Waals surface area contributed by atoms with Crippen LogP contribution in [-0.4, -0.2) is 21.3 Å². The number of aromatic amines is 1. The van der Waals surface area contributed by atoms with E-state index in [2.05, 4.69) is 10.2 Å². The van der Waals surface area contributed by atoms with E-state index >= 15 is 0 Å². The predicted octanol–water partition coefficient (Wildman–Crippen LogP) is 1.69. The minimum atomic E-state index is -1.05. The van der Waals surface area contributed by atoms with E-state index in [9.17, 15) is 4.79 Å². The largest absolute Gasteiger partial charge is 0.477 e. The first-order valence-electron chi connectivity index (χ1n) is 4.71. The van der Waals surface area contributed by atoms with Crippen molar-refractivity contribution in [1.29, 1.82) is 0 Å². The molecule has 2 N–H and O–H groups in total. The first kappa shape index (κ1) is 10.2. The molecule has 0 fully saturated rings. The van der Waals surface area contributed by atoms with Gasteiger partial charge in [0.15, 0.2) is 0 Å². The molecule has 0 radical (unpaired) electrons. The molecule has 0 aliphatic heterocycles. The number of carbonyl (C=O) groups is 1. The van der Waals surface area contributed by atoms with Crippen LogP contribution in [0.4, 0.5) is 0 Å². The summed E-state index contributed by atoms with van der Waals surface area (Å²) >= 11 is 0. The summed E-state index contributed by atoms with van der Waals surface area (Å²) in [6.07, 6.45) is 0. The molecule has 0 spiro atoms. The summed E-state index contributed by atoms with van der Waals surface area (Å²) in [6, 6.07) is 10.9. The lowest BCUT2D eigenvalue weighted by Crippen LogP contribution is -1.95. The quantitative estimate of drug-likeness (QED) is 0.818. The third-order valence-electron chi connectivity index (χ3n) is 2.01. The van der Waals surface area contributed by atoms with Gasteiger partial charge in [0, 0.05) is 6.07 Å². The summed E-state index contributed by atoms with van der Waals surface area (Å²) in [7, 11) is 0. The molecule has 1 aromatic carbocycles. The first-order valence-corrected chi connectivity index (χ1v) is 4.71. The van der Waals surface area contributed by atoms with E-state index in [0.717, 1.165) is 5.56 Å². The summed E-state index contributed by atoms with van der Waals surface area (Å²) in [4.78, 5) is 10.6. The fourth-order valence-electron chi connectivity index (χ4n) is 1.22. The summed E-state index contributed by atoms with van der Waals surface area (Å²) in [5, 5.41) is 14.7. The zero-order chi connectivity index (χ0) is 11.4. The van der Waals surface area contributed by atoms with Crippen molar-refractivity contribution in [2.75, 3.05) is 0 Å². The van der Waals surface area contributed by atoms with Crippen molar-refractivity contribution < 1.29 is 14.6 Å². The van der Waals surface area contributed by atoms with Gasteiger partial charge < -0.3 is 9.84 Å². The Hall–Kier alpha value is -2.30. The number of carboxylic acid groups (broad SMARTS) is 1. The number of rotatable bonds is 4. The smallest absolute Gasteiger partial charge is 0.354 e. The SMILES string of the molecule is O=C(O)c1cc(OCc2ccccc2)n[nH]1. The van der Waals surface area contributed by atoms with Gasteiger partial charge in [0.25, 0.3) is 0 Å². The van der Waals surface area contributed by atoms with Crippen LogP contribution in [0.1, 0.15) is 16.1 Å². The maximum atomic E-state index is 10.6. The summed E-state index contributed by atoms with van der Waals surface area (Å²) in [5.74, 6) is -0.775. The average molecular weight is 218 g/mol. The zero-order valence-electron chi connectivity index (χ0n) is 8.38. The molecular formula is C11H10N2O3. The van der Waals surface area contributed by atoms with Gasteiger partial charge >= 0.3 is 5.97 Å². The van der Waals surface area contributed by atoms with Crippen molar-refractivity contribution in [3.63, 3.8) is 0 Å². The number of hydrogen-bond donors (Lipinski definition) is 2. The van der Waals surface area contributed by atoms with Crippen LogP contribution >= 0.6 is 0 Å². The van der Waals surface area contributed by atoms with Crippen LogP contribution < -0.4 is 4.74 Å². The summed E-state index contributed by atoms with van der Waals surface area (Å²) in [6.45, 7) is 0.366. The molecule has 5 nitrogen and oxygen atoms in total. The Bertz CT molecular complexity index is 479. The Labute approximate surface area is 91.7 Å². The molecule has 0 amide bonds. The number of nitrogens with zero attached hydrogens (tertiary/aromatic N) is 1. The van der Waals surface area contributed by atoms with Crippen molar-refractivity contribution in [1.82, 2.24) is 10.2 Å². The number of benzene rings is 1. The second-order valence-corrected chi connectivity index (χ2v) is 3.20. The molecule has 5 heteroatoms. The maximum Gasteiger partial charge on any atom is 0.354 e. The molecule has 2 aromatic rings. The first-order chi connectivity index (χ1) is 7.75. The Morgan fingerprint density at radius 1 is 1.38 bits per heavy atom. The Morgan fingerprint density at radius 2 is 2.12 bits per heavy atom. The number of aromatic carboxylic acids is 1. The lowest BCUT2D eigenvalue weighted by atomic mass is 10.2. The van der Waals surface area contributed by atoms with Gasteiger partial charge in [-0.2, -0.15) is 0 Å². The van der Waals surface area contributed by atoms with Gasteiger partial charge in [0.2, 0.25) is 5.88 Å². The number of aromatic nitrogens is 2. The molecule has 0 saturated heterocycles. The van der Waals surface area contributed by atoms with Crippen molar-refractivity contribution in [3.05, 3.63) is 47.7 Å². The third kappa shape index (κ3) is 2.38. The number of ether oxygens (including phenoxy) is 1. The van der Waals surface area contributed by atoms with Gasteiger partial charge in [-0.25, -0.2) is 4.79 Å². The highest BCUT2D eigenvalue weighted by atomic mass is 16.5. The standard InChI is InChI=1S/C11H10N2O3/c14-11(15)9-6-10(13-12-9)16-7-8-4-2-1-3-5-8/h1-6H,7H2,(H,12,13)(H,14,15). The Morgan fingerprint density at radius 3 is 2.75 bits per heavy atom. The van der Waals surface area contributed by atoms with Gasteiger partial charge in [-0.15, -0.1) is 5.10 Å². The number of nitrogens with one attached hydrogen (secondary N) is 1. The lowest BCUT2D eigenvalue weighted by Gasteiger charge is -2.01. The molecule has 16 heavy (non-hydrogen) atoms. The van der Waals surface area contributed by atoms with E-state index in [-0.39, 0.29) is 11.6 Å². The van der Waals surface area contributed by atoms with Crippen molar-refractivity contribution >= 4 is 5.97 Å². The average Bonchev–Trinajstić information content (AvgIpc) is 2.76. The lowest BCUT2D eigenvalue weighted by molar-refractivity contribution is 0.0690. The molecule has 1 aromatic heterocycles. The number of hydrogen-bond acceptors (Lipinski definition) is 3. The Balaban J connectivity index is 1.97. The molecular weight excluding hydrogens is 208 g/mol. The zero-order valence-corrected chi connectivity index (χ0v) is 8.38. The predicted molar refractivity (Wildman–Crippen MR) is 56.3 cm³/mol.